The van der Waals surface area contributed by atoms with Gasteiger partial charge in [0.1, 0.15) is 0 Å². The average Bonchev–Trinajstić information content (AvgIpc) is 2.90. The van der Waals surface area contributed by atoms with Crippen LogP contribution in [0.25, 0.3) is 0 Å². The molecule has 0 spiro atoms. The minimum atomic E-state index is 0. The Kier molecular flexibility index (Phi) is 9.83. The predicted octanol–water partition coefficient (Wildman–Crippen LogP) is 4.15. The van der Waals surface area contributed by atoms with Crippen molar-refractivity contribution in [2.24, 2.45) is 0 Å². The van der Waals surface area contributed by atoms with Gasteiger partial charge in [-0.3, -0.25) is 0 Å². The molecule has 0 bridgehead atoms. The summed E-state index contributed by atoms with van der Waals surface area (Å²) in [5.74, 6) is 0. The molecular weight excluding hydrogens is 259 g/mol. The van der Waals surface area contributed by atoms with Crippen LogP contribution in [0.5, 0.6) is 0 Å². The first-order chi connectivity index (χ1) is 6.93. The van der Waals surface area contributed by atoms with Crippen molar-refractivity contribution in [3.8, 4) is 0 Å². The molecule has 0 nitrogen and oxygen atoms in total. The van der Waals surface area contributed by atoms with Gasteiger partial charge in [0.25, 0.3) is 0 Å². The van der Waals surface area contributed by atoms with Crippen LogP contribution in [0.4, 0.5) is 0 Å². The molecule has 0 radical (unpaired) electrons. The summed E-state index contributed by atoms with van der Waals surface area (Å²) in [5.41, 5.74) is 1.48. The molecule has 0 aliphatic carbocycles. The molecule has 0 N–H and O–H groups in total. The summed E-state index contributed by atoms with van der Waals surface area (Å²) in [6, 6.07) is 18.6. The van der Waals surface area contributed by atoms with Gasteiger partial charge in [0.05, 0.1) is 0 Å². The standard InChI is InChI=1S/C9H13.C5H5.Zr/c1-2-3-6-9-7-4-5-8-9;1-2-4-5-3-1;/h4-5,7-8H,2-3,6H2,1H3;1-5H;/q-1;-5;. The summed E-state index contributed by atoms with van der Waals surface area (Å²) in [5, 5.41) is 0. The molecule has 0 amide bonds. The molecule has 0 aromatic heterocycles. The van der Waals surface area contributed by atoms with Crippen LogP contribution in [-0.2, 0) is 32.6 Å². The maximum Gasteiger partial charge on any atom is 0 e. The molecule has 2 rings (SSSR count). The van der Waals surface area contributed by atoms with Crippen LogP contribution in [0, 0.1) is 0 Å². The number of hydrogen-bond donors (Lipinski definition) is 0. The van der Waals surface area contributed by atoms with E-state index in [4.69, 9.17) is 0 Å². The zero-order valence-electron chi connectivity index (χ0n) is 9.32. The van der Waals surface area contributed by atoms with Gasteiger partial charge in [-0.25, -0.2) is 12.1 Å². The summed E-state index contributed by atoms with van der Waals surface area (Å²) >= 11 is 0. The Morgan fingerprint density at radius 2 is 1.40 bits per heavy atom. The Morgan fingerprint density at radius 1 is 0.933 bits per heavy atom. The Hall–Kier alpha value is -0.417. The van der Waals surface area contributed by atoms with Crippen LogP contribution >= 0.6 is 0 Å². The third-order valence-electron chi connectivity index (χ3n) is 2.11. The van der Waals surface area contributed by atoms with Gasteiger partial charge in [0, 0.05) is 26.2 Å². The van der Waals surface area contributed by atoms with Crippen molar-refractivity contribution >= 4 is 0 Å². The summed E-state index contributed by atoms with van der Waals surface area (Å²) < 4.78 is 0. The van der Waals surface area contributed by atoms with Crippen molar-refractivity contribution < 1.29 is 26.2 Å². The first kappa shape index (κ1) is 14.6. The van der Waals surface area contributed by atoms with Crippen LogP contribution in [0.3, 0.4) is 0 Å². The van der Waals surface area contributed by atoms with Crippen molar-refractivity contribution in [3.05, 3.63) is 60.2 Å². The third kappa shape index (κ3) is 7.50. The van der Waals surface area contributed by atoms with Crippen LogP contribution in [0.2, 0.25) is 0 Å². The number of hydrogen-bond acceptors (Lipinski definition) is 0. The molecule has 0 fully saturated rings. The Morgan fingerprint density at radius 3 is 1.80 bits per heavy atom. The smallest absolute Gasteiger partial charge is 0 e. The maximum atomic E-state index is 2.23. The van der Waals surface area contributed by atoms with Crippen molar-refractivity contribution in [3.63, 3.8) is 0 Å². The van der Waals surface area contributed by atoms with Crippen LogP contribution < -0.4 is 0 Å². The third-order valence-corrected chi connectivity index (χ3v) is 2.11. The van der Waals surface area contributed by atoms with E-state index in [1.807, 2.05) is 30.3 Å². The van der Waals surface area contributed by atoms with E-state index in [9.17, 15) is 0 Å². The molecule has 0 saturated heterocycles. The van der Waals surface area contributed by atoms with Crippen molar-refractivity contribution in [1.29, 1.82) is 0 Å². The maximum absolute atomic E-state index is 2.23. The van der Waals surface area contributed by atoms with Crippen LogP contribution in [0.15, 0.2) is 54.6 Å². The van der Waals surface area contributed by atoms with E-state index in [0.29, 0.717) is 0 Å². The van der Waals surface area contributed by atoms with Gasteiger partial charge in [-0.05, 0) is 0 Å². The van der Waals surface area contributed by atoms with Gasteiger partial charge in [-0.2, -0.15) is 17.7 Å². The fourth-order valence-electron chi connectivity index (χ4n) is 1.28. The Balaban J connectivity index is 0.000000280. The second-order valence-corrected chi connectivity index (χ2v) is 3.36. The molecule has 0 saturated carbocycles. The average molecular weight is 278 g/mol. The molecule has 0 aliphatic heterocycles. The first-order valence-corrected chi connectivity index (χ1v) is 5.30. The van der Waals surface area contributed by atoms with Gasteiger partial charge in [0.15, 0.2) is 0 Å². The quantitative estimate of drug-likeness (QED) is 0.739. The minimum absolute atomic E-state index is 0. The fraction of sp³-hybridized carbons (Fsp3) is 0.286. The second-order valence-electron chi connectivity index (χ2n) is 3.36. The Labute approximate surface area is 112 Å². The zero-order valence-corrected chi connectivity index (χ0v) is 11.8. The van der Waals surface area contributed by atoms with Gasteiger partial charge in [-0.1, -0.05) is 26.2 Å². The van der Waals surface area contributed by atoms with E-state index in [0.717, 1.165) is 0 Å². The number of unbranched alkanes of at least 4 members (excludes halogenated alkanes) is 1. The van der Waals surface area contributed by atoms with Crippen molar-refractivity contribution in [2.45, 2.75) is 26.2 Å². The topological polar surface area (TPSA) is 0 Å². The van der Waals surface area contributed by atoms with E-state index in [2.05, 4.69) is 31.2 Å². The summed E-state index contributed by atoms with van der Waals surface area (Å²) in [4.78, 5) is 0. The normalized spacial score (nSPS) is 8.60. The van der Waals surface area contributed by atoms with Crippen LogP contribution in [0.1, 0.15) is 25.3 Å². The summed E-state index contributed by atoms with van der Waals surface area (Å²) in [6.07, 6.45) is 3.87. The van der Waals surface area contributed by atoms with Crippen LogP contribution in [-0.4, -0.2) is 0 Å². The van der Waals surface area contributed by atoms with Gasteiger partial charge >= 0.3 is 0 Å². The van der Waals surface area contributed by atoms with E-state index in [-0.39, 0.29) is 26.2 Å². The monoisotopic (exact) mass is 276 g/mol. The second kappa shape index (κ2) is 10.1. The molecule has 0 heterocycles. The van der Waals surface area contributed by atoms with E-state index < -0.39 is 0 Å². The number of aryl methyl sites for hydroxylation is 1. The summed E-state index contributed by atoms with van der Waals surface area (Å²) in [6.45, 7) is 2.23. The van der Waals surface area contributed by atoms with Gasteiger partial charge in [0.2, 0.25) is 0 Å². The molecule has 0 aliphatic rings. The molecule has 0 atom stereocenters. The molecule has 2 aromatic rings. The van der Waals surface area contributed by atoms with Gasteiger partial charge < -0.3 is 30.3 Å². The van der Waals surface area contributed by atoms with E-state index in [1.54, 1.807) is 0 Å². The largest absolute Gasteiger partial charge is 0.748 e. The molecule has 84 valence electrons. The zero-order chi connectivity index (χ0) is 10.1. The van der Waals surface area contributed by atoms with Crippen molar-refractivity contribution in [1.82, 2.24) is 0 Å². The minimum Gasteiger partial charge on any atom is -0.748 e. The molecule has 15 heavy (non-hydrogen) atoms. The van der Waals surface area contributed by atoms with Crippen molar-refractivity contribution in [2.75, 3.05) is 0 Å². The van der Waals surface area contributed by atoms with Gasteiger partial charge in [-0.15, -0.1) is 0 Å². The Bertz CT molecular complexity index is 262. The predicted molar refractivity (Wildman–Crippen MR) is 62.7 cm³/mol. The molecule has 0 unspecified atom stereocenters. The molecule has 2 aromatic carbocycles. The van der Waals surface area contributed by atoms with E-state index in [1.165, 1.54) is 24.8 Å². The van der Waals surface area contributed by atoms with E-state index >= 15 is 0 Å². The summed E-state index contributed by atoms with van der Waals surface area (Å²) in [7, 11) is 0. The molecule has 1 heteroatoms. The molecular formula is C14H18Zr-6. The fourth-order valence-corrected chi connectivity index (χ4v) is 1.28. The number of rotatable bonds is 3. The first-order valence-electron chi connectivity index (χ1n) is 5.30. The SMILES string of the molecule is CCCC[c-]1cccc1.[Zr].[cH-]1[cH-][cH-][cH-][cH-]1.